The Bertz CT molecular complexity index is 841. The lowest BCUT2D eigenvalue weighted by Gasteiger charge is -2.21. The molecule has 2 aromatic heterocycles. The molecular weight excluding hydrogens is 445 g/mol. The van der Waals surface area contributed by atoms with Gasteiger partial charge in [0.25, 0.3) is 0 Å². The Hall–Kier alpha value is -2.50. The zero-order chi connectivity index (χ0) is 17.6. The van der Waals surface area contributed by atoms with Crippen LogP contribution < -0.4 is 5.32 Å². The highest BCUT2D eigenvalue weighted by molar-refractivity contribution is 14.0. The minimum Gasteiger partial charge on any atom is -0.352 e. The summed E-state index contributed by atoms with van der Waals surface area (Å²) < 4.78 is 1.75. The molecule has 138 valence electrons. The number of hydrogen-bond donors (Lipinski definition) is 2. The first-order valence-corrected chi connectivity index (χ1v) is 7.86. The Morgan fingerprint density at radius 3 is 2.81 bits per heavy atom. The Labute approximate surface area is 169 Å². The summed E-state index contributed by atoms with van der Waals surface area (Å²) in [7, 11) is 5.61. The second-order valence-corrected chi connectivity index (χ2v) is 5.59. The van der Waals surface area contributed by atoms with Gasteiger partial charge in [-0.1, -0.05) is 18.2 Å². The van der Waals surface area contributed by atoms with Crippen LogP contribution in [0.1, 0.15) is 11.4 Å². The number of H-pyrrole nitrogens is 1. The number of hydrogen-bond acceptors (Lipinski definition) is 5. The van der Waals surface area contributed by atoms with E-state index >= 15 is 0 Å². The number of benzene rings is 1. The minimum atomic E-state index is 0. The van der Waals surface area contributed by atoms with Crippen molar-refractivity contribution in [3.05, 3.63) is 48.3 Å². The number of guanidine groups is 1. The lowest BCUT2D eigenvalue weighted by molar-refractivity contribution is 0.448. The first kappa shape index (κ1) is 19.8. The molecule has 3 rings (SSSR count). The third-order valence-corrected chi connectivity index (χ3v) is 3.82. The van der Waals surface area contributed by atoms with Crippen molar-refractivity contribution in [1.29, 1.82) is 0 Å². The van der Waals surface area contributed by atoms with Crippen LogP contribution in [0, 0.1) is 0 Å². The molecule has 2 heterocycles. The van der Waals surface area contributed by atoms with Gasteiger partial charge >= 0.3 is 0 Å². The third kappa shape index (κ3) is 4.77. The van der Waals surface area contributed by atoms with E-state index in [0.29, 0.717) is 13.1 Å². The Morgan fingerprint density at radius 2 is 2.15 bits per heavy atom. The van der Waals surface area contributed by atoms with E-state index in [0.717, 1.165) is 28.7 Å². The van der Waals surface area contributed by atoms with Gasteiger partial charge in [-0.05, 0) is 11.6 Å². The van der Waals surface area contributed by atoms with E-state index in [1.807, 2.05) is 31.1 Å². The maximum Gasteiger partial charge on any atom is 0.194 e. The summed E-state index contributed by atoms with van der Waals surface area (Å²) >= 11 is 0. The van der Waals surface area contributed by atoms with Gasteiger partial charge in [-0.25, -0.2) is 9.97 Å². The van der Waals surface area contributed by atoms with Crippen LogP contribution in [0.15, 0.2) is 41.9 Å². The second kappa shape index (κ2) is 9.27. The van der Waals surface area contributed by atoms with Crippen molar-refractivity contribution in [3.8, 4) is 11.4 Å². The molecule has 0 aliphatic carbocycles. The Balaban J connectivity index is 0.00000243. The summed E-state index contributed by atoms with van der Waals surface area (Å²) in [6.45, 7) is 1.27. The number of aromatic nitrogens is 6. The number of aliphatic imine (C=N–C) groups is 1. The zero-order valence-electron chi connectivity index (χ0n) is 14.9. The molecule has 3 aromatic rings. The number of rotatable bonds is 5. The first-order valence-electron chi connectivity index (χ1n) is 7.86. The van der Waals surface area contributed by atoms with Crippen molar-refractivity contribution in [2.75, 3.05) is 14.1 Å². The predicted molar refractivity (Wildman–Crippen MR) is 110 cm³/mol. The van der Waals surface area contributed by atoms with E-state index in [1.165, 1.54) is 6.33 Å². The molecule has 26 heavy (non-hydrogen) atoms. The molecule has 0 unspecified atom stereocenters. The van der Waals surface area contributed by atoms with Crippen LogP contribution in [0.2, 0.25) is 0 Å². The van der Waals surface area contributed by atoms with Crippen LogP contribution in [-0.2, 0) is 20.1 Å². The normalized spacial score (nSPS) is 11.1. The largest absolute Gasteiger partial charge is 0.352 e. The zero-order valence-corrected chi connectivity index (χ0v) is 17.2. The van der Waals surface area contributed by atoms with Gasteiger partial charge in [-0.3, -0.25) is 14.8 Å². The third-order valence-electron chi connectivity index (χ3n) is 3.82. The quantitative estimate of drug-likeness (QED) is 0.335. The van der Waals surface area contributed by atoms with Crippen LogP contribution in [0.3, 0.4) is 0 Å². The highest BCUT2D eigenvalue weighted by atomic mass is 127. The molecule has 0 fully saturated rings. The fourth-order valence-corrected chi connectivity index (χ4v) is 2.49. The number of aromatic amines is 1. The molecule has 0 atom stereocenters. The highest BCUT2D eigenvalue weighted by Crippen LogP contribution is 2.15. The lowest BCUT2D eigenvalue weighted by atomic mass is 10.1. The van der Waals surface area contributed by atoms with Gasteiger partial charge in [-0.2, -0.15) is 10.2 Å². The standard InChI is InChI=1S/C16H21N9.HI/c1-17-16(24(2)9-14-19-11-22-25(14)3)18-8-12-5-4-6-13(7-12)15-20-10-21-23-15;/h4-7,10-11H,8-9H2,1-3H3,(H,17,18)(H,20,21,23);1H. The van der Waals surface area contributed by atoms with E-state index in [1.54, 1.807) is 18.1 Å². The Morgan fingerprint density at radius 1 is 1.31 bits per heavy atom. The smallest absolute Gasteiger partial charge is 0.194 e. The van der Waals surface area contributed by atoms with Crippen LogP contribution in [0.4, 0.5) is 0 Å². The van der Waals surface area contributed by atoms with Crippen molar-refractivity contribution in [2.45, 2.75) is 13.1 Å². The molecule has 0 aliphatic rings. The van der Waals surface area contributed by atoms with E-state index in [2.05, 4.69) is 47.7 Å². The number of nitrogens with one attached hydrogen (secondary N) is 2. The minimum absolute atomic E-state index is 0. The van der Waals surface area contributed by atoms with Crippen molar-refractivity contribution < 1.29 is 0 Å². The molecule has 1 aromatic carbocycles. The molecule has 10 heteroatoms. The summed E-state index contributed by atoms with van der Waals surface area (Å²) in [6, 6.07) is 8.13. The number of aryl methyl sites for hydroxylation is 1. The molecule has 0 radical (unpaired) electrons. The van der Waals surface area contributed by atoms with Crippen molar-refractivity contribution >= 4 is 29.9 Å². The molecule has 9 nitrogen and oxygen atoms in total. The van der Waals surface area contributed by atoms with Gasteiger partial charge in [-0.15, -0.1) is 24.0 Å². The number of halogens is 1. The van der Waals surface area contributed by atoms with Crippen molar-refractivity contribution in [2.24, 2.45) is 12.0 Å². The maximum atomic E-state index is 4.33. The molecule has 0 saturated heterocycles. The second-order valence-electron chi connectivity index (χ2n) is 5.59. The van der Waals surface area contributed by atoms with Crippen molar-refractivity contribution in [3.63, 3.8) is 0 Å². The fraction of sp³-hybridized carbons (Fsp3) is 0.312. The molecular formula is C16H22IN9. The van der Waals surface area contributed by atoms with Gasteiger partial charge in [0.05, 0.1) is 6.54 Å². The summed E-state index contributed by atoms with van der Waals surface area (Å²) in [5.41, 5.74) is 2.13. The summed E-state index contributed by atoms with van der Waals surface area (Å²) in [6.07, 6.45) is 3.05. The van der Waals surface area contributed by atoms with E-state index in [9.17, 15) is 0 Å². The Kier molecular flexibility index (Phi) is 7.06. The molecule has 0 amide bonds. The predicted octanol–water partition coefficient (Wildman–Crippen LogP) is 1.43. The van der Waals surface area contributed by atoms with Gasteiger partial charge in [0.2, 0.25) is 0 Å². The summed E-state index contributed by atoms with van der Waals surface area (Å²) in [4.78, 5) is 14.8. The SMILES string of the molecule is CN=C(NCc1cccc(-c2ncn[nH]2)c1)N(C)Cc1ncnn1C.I. The monoisotopic (exact) mass is 467 g/mol. The van der Waals surface area contributed by atoms with Gasteiger partial charge in [0, 0.05) is 33.3 Å². The summed E-state index contributed by atoms with van der Waals surface area (Å²) in [5, 5.41) is 14.2. The highest BCUT2D eigenvalue weighted by Gasteiger charge is 2.10. The van der Waals surface area contributed by atoms with E-state index < -0.39 is 0 Å². The van der Waals surface area contributed by atoms with Crippen LogP contribution in [0.25, 0.3) is 11.4 Å². The molecule has 0 aliphatic heterocycles. The summed E-state index contributed by atoms with van der Waals surface area (Å²) in [5.74, 6) is 2.41. The molecule has 0 spiro atoms. The lowest BCUT2D eigenvalue weighted by Crippen LogP contribution is -2.38. The van der Waals surface area contributed by atoms with Gasteiger partial charge in [0.15, 0.2) is 11.8 Å². The van der Waals surface area contributed by atoms with Crippen LogP contribution >= 0.6 is 24.0 Å². The first-order chi connectivity index (χ1) is 12.2. The topological polar surface area (TPSA) is 99.9 Å². The van der Waals surface area contributed by atoms with Gasteiger partial charge < -0.3 is 10.2 Å². The average Bonchev–Trinajstić information content (AvgIpc) is 3.28. The fourth-order valence-electron chi connectivity index (χ4n) is 2.49. The van der Waals surface area contributed by atoms with Crippen LogP contribution in [-0.4, -0.2) is 54.9 Å². The average molecular weight is 467 g/mol. The number of nitrogens with zero attached hydrogens (tertiary/aromatic N) is 7. The molecule has 0 bridgehead atoms. The van der Waals surface area contributed by atoms with Crippen LogP contribution in [0.5, 0.6) is 0 Å². The maximum absolute atomic E-state index is 4.33. The van der Waals surface area contributed by atoms with E-state index in [-0.39, 0.29) is 24.0 Å². The molecule has 0 saturated carbocycles. The van der Waals surface area contributed by atoms with Crippen molar-refractivity contribution in [1.82, 2.24) is 40.2 Å². The van der Waals surface area contributed by atoms with E-state index in [4.69, 9.17) is 0 Å². The molecule has 2 N–H and O–H groups in total. The van der Waals surface area contributed by atoms with Gasteiger partial charge in [0.1, 0.15) is 18.5 Å².